The molecule has 0 aromatic carbocycles. The molecule has 4 heterocycles. The van der Waals surface area contributed by atoms with Crippen LogP contribution >= 0.6 is 11.3 Å². The first-order valence-corrected chi connectivity index (χ1v) is 9.35. The summed E-state index contributed by atoms with van der Waals surface area (Å²) in [5.74, 6) is 1.67. The van der Waals surface area contributed by atoms with E-state index in [0.29, 0.717) is 0 Å². The Bertz CT molecular complexity index is 917. The molecule has 1 amide bonds. The first kappa shape index (κ1) is 16.0. The molecule has 4 rings (SSSR count). The molecule has 0 spiro atoms. The van der Waals surface area contributed by atoms with Crippen LogP contribution in [0.25, 0.3) is 10.2 Å². The molecular formula is C17H20N6OS. The largest absolute Gasteiger partial charge is 0.358 e. The highest BCUT2D eigenvalue weighted by Gasteiger charge is 2.31. The first-order chi connectivity index (χ1) is 12.2. The number of carbonyl (C=O) groups excluding carboxylic acids is 1. The number of nitrogens with one attached hydrogen (secondary N) is 1. The molecule has 25 heavy (non-hydrogen) atoms. The molecule has 0 aliphatic carbocycles. The van der Waals surface area contributed by atoms with Gasteiger partial charge in [0.2, 0.25) is 0 Å². The maximum atomic E-state index is 13.0. The molecular weight excluding hydrogens is 336 g/mol. The fourth-order valence-electron chi connectivity index (χ4n) is 3.33. The van der Waals surface area contributed by atoms with Crippen LogP contribution in [0, 0.1) is 6.92 Å². The maximum absolute atomic E-state index is 13.0. The second-order valence-corrected chi connectivity index (χ2v) is 7.01. The second kappa shape index (κ2) is 6.44. The Labute approximate surface area is 149 Å². The zero-order chi connectivity index (χ0) is 17.4. The van der Waals surface area contributed by atoms with Crippen molar-refractivity contribution >= 4 is 39.1 Å². The van der Waals surface area contributed by atoms with Crippen molar-refractivity contribution in [3.05, 3.63) is 29.5 Å². The zero-order valence-corrected chi connectivity index (χ0v) is 15.1. The van der Waals surface area contributed by atoms with Crippen molar-refractivity contribution < 1.29 is 4.79 Å². The molecule has 0 radical (unpaired) electrons. The number of hydrogen-bond donors (Lipinski definition) is 1. The van der Waals surface area contributed by atoms with Crippen molar-refractivity contribution in [2.24, 2.45) is 0 Å². The number of rotatable bonds is 4. The highest BCUT2D eigenvalue weighted by molar-refractivity contribution is 7.17. The molecule has 0 unspecified atom stereocenters. The average molecular weight is 356 g/mol. The Hall–Kier alpha value is -2.48. The highest BCUT2D eigenvalue weighted by Crippen LogP contribution is 2.30. The summed E-state index contributed by atoms with van der Waals surface area (Å²) >= 11 is 1.60. The van der Waals surface area contributed by atoms with Crippen molar-refractivity contribution in [2.45, 2.75) is 39.3 Å². The van der Waals surface area contributed by atoms with Gasteiger partial charge in [0.05, 0.1) is 11.6 Å². The Morgan fingerprint density at radius 3 is 3.12 bits per heavy atom. The van der Waals surface area contributed by atoms with Crippen LogP contribution in [0.15, 0.2) is 24.0 Å². The lowest BCUT2D eigenvalue weighted by Gasteiger charge is -2.32. The molecule has 0 bridgehead atoms. The quantitative estimate of drug-likeness (QED) is 0.778. The summed E-state index contributed by atoms with van der Waals surface area (Å²) in [6.45, 7) is 5.53. The number of fused-ring (bicyclic) bond motifs is 1. The van der Waals surface area contributed by atoms with Gasteiger partial charge in [-0.25, -0.2) is 14.6 Å². The minimum absolute atomic E-state index is 0.0705. The van der Waals surface area contributed by atoms with E-state index in [2.05, 4.69) is 25.8 Å². The van der Waals surface area contributed by atoms with E-state index in [-0.39, 0.29) is 11.9 Å². The average Bonchev–Trinajstić information content (AvgIpc) is 3.24. The summed E-state index contributed by atoms with van der Waals surface area (Å²) in [5.41, 5.74) is 1.13. The van der Waals surface area contributed by atoms with Crippen LogP contribution in [0.1, 0.15) is 25.3 Å². The minimum atomic E-state index is -0.286. The molecule has 1 fully saturated rings. The third kappa shape index (κ3) is 2.76. The molecule has 0 saturated carbocycles. The van der Waals surface area contributed by atoms with Crippen LogP contribution in [-0.2, 0) is 11.3 Å². The van der Waals surface area contributed by atoms with Gasteiger partial charge in [-0.05, 0) is 37.6 Å². The van der Waals surface area contributed by atoms with Gasteiger partial charge >= 0.3 is 0 Å². The summed E-state index contributed by atoms with van der Waals surface area (Å²) in [4.78, 5) is 24.5. The topological polar surface area (TPSA) is 75.9 Å². The first-order valence-electron chi connectivity index (χ1n) is 8.47. The third-order valence-electron chi connectivity index (χ3n) is 4.57. The molecule has 1 aliphatic heterocycles. The standard InChI is InChI=1S/C17H20N6OS/c1-3-23-13(6-7-20-23)22-8-4-5-12(17(22)24)21-15-14-11(2)9-25-16(14)19-10-18-15/h6-7,9-10,12H,3-5,8H2,1-2H3,(H,18,19,21)/t12-/m1/s1. The van der Waals surface area contributed by atoms with Gasteiger partial charge in [0.1, 0.15) is 28.8 Å². The van der Waals surface area contributed by atoms with Gasteiger partial charge in [-0.3, -0.25) is 9.69 Å². The smallest absolute Gasteiger partial charge is 0.250 e. The summed E-state index contributed by atoms with van der Waals surface area (Å²) < 4.78 is 1.85. The molecule has 8 heteroatoms. The fraction of sp³-hybridized carbons (Fsp3) is 0.412. The SMILES string of the molecule is CCn1nccc1N1CCC[C@@H](Nc2ncnc3scc(C)c23)C1=O. The number of anilines is 2. The normalized spacial score (nSPS) is 18.1. The van der Waals surface area contributed by atoms with E-state index in [1.165, 1.54) is 0 Å². The number of nitrogens with zero attached hydrogens (tertiary/aromatic N) is 5. The summed E-state index contributed by atoms with van der Waals surface area (Å²) in [5, 5.41) is 10.7. The van der Waals surface area contributed by atoms with E-state index in [4.69, 9.17) is 0 Å². The van der Waals surface area contributed by atoms with Gasteiger partial charge in [0.15, 0.2) is 0 Å². The van der Waals surface area contributed by atoms with Gasteiger partial charge in [0, 0.05) is 19.2 Å². The predicted molar refractivity (Wildman–Crippen MR) is 99.1 cm³/mol. The van der Waals surface area contributed by atoms with Crippen molar-refractivity contribution in [3.63, 3.8) is 0 Å². The molecule has 1 saturated heterocycles. The van der Waals surface area contributed by atoms with Gasteiger partial charge in [-0.1, -0.05) is 0 Å². The molecule has 3 aromatic rings. The lowest BCUT2D eigenvalue weighted by Crippen LogP contribution is -2.48. The van der Waals surface area contributed by atoms with Crippen molar-refractivity contribution in [2.75, 3.05) is 16.8 Å². The van der Waals surface area contributed by atoms with E-state index in [1.807, 2.05) is 29.5 Å². The highest BCUT2D eigenvalue weighted by atomic mass is 32.1. The third-order valence-corrected chi connectivity index (χ3v) is 5.58. The van der Waals surface area contributed by atoms with Crippen LogP contribution < -0.4 is 10.2 Å². The maximum Gasteiger partial charge on any atom is 0.250 e. The van der Waals surface area contributed by atoms with E-state index in [1.54, 1.807) is 23.9 Å². The molecule has 1 aliphatic rings. The van der Waals surface area contributed by atoms with Crippen LogP contribution in [-0.4, -0.2) is 38.2 Å². The number of carbonyl (C=O) groups is 1. The van der Waals surface area contributed by atoms with Crippen LogP contribution in [0.2, 0.25) is 0 Å². The molecule has 1 N–H and O–H groups in total. The molecule has 130 valence electrons. The van der Waals surface area contributed by atoms with Gasteiger partial charge in [0.25, 0.3) is 5.91 Å². The van der Waals surface area contributed by atoms with Crippen molar-refractivity contribution in [3.8, 4) is 0 Å². The van der Waals surface area contributed by atoms with Gasteiger partial charge < -0.3 is 5.32 Å². The van der Waals surface area contributed by atoms with Crippen LogP contribution in [0.5, 0.6) is 0 Å². The van der Waals surface area contributed by atoms with E-state index in [9.17, 15) is 4.79 Å². The van der Waals surface area contributed by atoms with Crippen molar-refractivity contribution in [1.82, 2.24) is 19.7 Å². The second-order valence-electron chi connectivity index (χ2n) is 6.16. The fourth-order valence-corrected chi connectivity index (χ4v) is 4.22. The lowest BCUT2D eigenvalue weighted by atomic mass is 10.0. The summed E-state index contributed by atoms with van der Waals surface area (Å²) in [7, 11) is 0. The van der Waals surface area contributed by atoms with E-state index < -0.39 is 0 Å². The number of thiophene rings is 1. The summed E-state index contributed by atoms with van der Waals surface area (Å²) in [6.07, 6.45) is 5.03. The number of aromatic nitrogens is 4. The lowest BCUT2D eigenvalue weighted by molar-refractivity contribution is -0.120. The predicted octanol–water partition coefficient (Wildman–Crippen LogP) is 2.82. The molecule has 1 atom stereocenters. The van der Waals surface area contributed by atoms with Crippen LogP contribution in [0.4, 0.5) is 11.6 Å². The molecule has 7 nitrogen and oxygen atoms in total. The Balaban J connectivity index is 1.62. The number of piperidine rings is 1. The summed E-state index contributed by atoms with van der Waals surface area (Å²) in [6, 6.07) is 1.61. The van der Waals surface area contributed by atoms with E-state index in [0.717, 1.165) is 53.3 Å². The number of hydrogen-bond acceptors (Lipinski definition) is 6. The van der Waals surface area contributed by atoms with E-state index >= 15 is 0 Å². The number of amides is 1. The van der Waals surface area contributed by atoms with Gasteiger partial charge in [-0.2, -0.15) is 5.10 Å². The zero-order valence-electron chi connectivity index (χ0n) is 14.3. The Kier molecular flexibility index (Phi) is 4.12. The molecule has 3 aromatic heterocycles. The van der Waals surface area contributed by atoms with Crippen molar-refractivity contribution in [1.29, 1.82) is 0 Å². The minimum Gasteiger partial charge on any atom is -0.358 e. The monoisotopic (exact) mass is 356 g/mol. The Morgan fingerprint density at radius 2 is 2.28 bits per heavy atom. The Morgan fingerprint density at radius 1 is 1.40 bits per heavy atom. The number of aryl methyl sites for hydroxylation is 2. The van der Waals surface area contributed by atoms with Crippen LogP contribution in [0.3, 0.4) is 0 Å². The van der Waals surface area contributed by atoms with Gasteiger partial charge in [-0.15, -0.1) is 11.3 Å².